The maximum absolute atomic E-state index is 12.3. The number of hydrogen-bond acceptors (Lipinski definition) is 3. The van der Waals surface area contributed by atoms with Crippen molar-refractivity contribution >= 4 is 11.6 Å². The minimum Gasteiger partial charge on any atom is -0.322 e. The molecule has 2 aromatic heterocycles. The van der Waals surface area contributed by atoms with Crippen LogP contribution in [0, 0.1) is 6.92 Å². The third-order valence-corrected chi connectivity index (χ3v) is 3.19. The number of rotatable bonds is 3. The lowest BCUT2D eigenvalue weighted by molar-refractivity contribution is 0.102. The number of nitrogens with one attached hydrogen (secondary N) is 1. The summed E-state index contributed by atoms with van der Waals surface area (Å²) in [6.07, 6.45) is 4.85. The van der Waals surface area contributed by atoms with E-state index in [1.165, 1.54) is 0 Å². The SMILES string of the molecule is Cc1c(C(=O)Nc2ccncc2)cnn1-c1ccccc1. The number of nitrogens with zero attached hydrogens (tertiary/aromatic N) is 3. The first kappa shape index (κ1) is 13.1. The predicted molar refractivity (Wildman–Crippen MR) is 80.5 cm³/mol. The lowest BCUT2D eigenvalue weighted by Crippen LogP contribution is -2.13. The topological polar surface area (TPSA) is 59.8 Å². The molecular formula is C16H14N4O. The molecule has 0 bridgehead atoms. The van der Waals surface area contributed by atoms with E-state index in [0.29, 0.717) is 11.3 Å². The summed E-state index contributed by atoms with van der Waals surface area (Å²) in [5, 5.41) is 7.12. The average molecular weight is 278 g/mol. The van der Waals surface area contributed by atoms with Crippen molar-refractivity contribution in [2.75, 3.05) is 5.32 Å². The first-order valence-electron chi connectivity index (χ1n) is 6.57. The van der Waals surface area contributed by atoms with Crippen LogP contribution in [-0.4, -0.2) is 20.7 Å². The average Bonchev–Trinajstić information content (AvgIpc) is 2.91. The van der Waals surface area contributed by atoms with Crippen molar-refractivity contribution in [2.24, 2.45) is 0 Å². The zero-order valence-electron chi connectivity index (χ0n) is 11.5. The van der Waals surface area contributed by atoms with Crippen LogP contribution in [0.2, 0.25) is 0 Å². The second-order valence-electron chi connectivity index (χ2n) is 4.58. The van der Waals surface area contributed by atoms with Gasteiger partial charge in [-0.25, -0.2) is 4.68 Å². The number of benzene rings is 1. The minimum absolute atomic E-state index is 0.180. The van der Waals surface area contributed by atoms with Gasteiger partial charge in [-0.3, -0.25) is 9.78 Å². The van der Waals surface area contributed by atoms with Crippen molar-refractivity contribution in [2.45, 2.75) is 6.92 Å². The molecule has 21 heavy (non-hydrogen) atoms. The van der Waals surface area contributed by atoms with Gasteiger partial charge in [-0.1, -0.05) is 18.2 Å². The molecule has 3 rings (SSSR count). The van der Waals surface area contributed by atoms with Crippen LogP contribution in [-0.2, 0) is 0 Å². The Bertz CT molecular complexity index is 750. The van der Waals surface area contributed by atoms with Gasteiger partial charge in [-0.05, 0) is 31.2 Å². The Hall–Kier alpha value is -2.95. The highest BCUT2D eigenvalue weighted by molar-refractivity contribution is 6.04. The summed E-state index contributed by atoms with van der Waals surface area (Å²) in [6, 6.07) is 13.2. The van der Waals surface area contributed by atoms with Crippen molar-refractivity contribution in [1.82, 2.24) is 14.8 Å². The van der Waals surface area contributed by atoms with E-state index in [2.05, 4.69) is 15.4 Å². The van der Waals surface area contributed by atoms with Gasteiger partial charge in [0.1, 0.15) is 0 Å². The Morgan fingerprint density at radius 1 is 1.10 bits per heavy atom. The lowest BCUT2D eigenvalue weighted by atomic mass is 10.2. The standard InChI is InChI=1S/C16H14N4O/c1-12-15(16(21)19-13-7-9-17-10-8-13)11-18-20(12)14-5-3-2-4-6-14/h2-11H,1H3,(H,17,19,21). The molecule has 1 N–H and O–H groups in total. The van der Waals surface area contributed by atoms with E-state index < -0.39 is 0 Å². The van der Waals surface area contributed by atoms with E-state index in [1.807, 2.05) is 37.3 Å². The van der Waals surface area contributed by atoms with E-state index in [4.69, 9.17) is 0 Å². The number of amides is 1. The number of carbonyl (C=O) groups is 1. The van der Waals surface area contributed by atoms with Crippen molar-refractivity contribution in [3.05, 3.63) is 72.3 Å². The lowest BCUT2D eigenvalue weighted by Gasteiger charge is -2.06. The maximum atomic E-state index is 12.3. The van der Waals surface area contributed by atoms with Crippen LogP contribution in [0.25, 0.3) is 5.69 Å². The second kappa shape index (κ2) is 5.58. The number of aromatic nitrogens is 3. The molecule has 2 heterocycles. The Balaban J connectivity index is 1.87. The van der Waals surface area contributed by atoms with Gasteiger partial charge < -0.3 is 5.32 Å². The van der Waals surface area contributed by atoms with Crippen LogP contribution >= 0.6 is 0 Å². The molecule has 0 aliphatic heterocycles. The molecule has 104 valence electrons. The zero-order valence-corrected chi connectivity index (χ0v) is 11.5. The monoisotopic (exact) mass is 278 g/mol. The number of anilines is 1. The van der Waals surface area contributed by atoms with Crippen LogP contribution in [0.15, 0.2) is 61.1 Å². The summed E-state index contributed by atoms with van der Waals surface area (Å²) in [4.78, 5) is 16.2. The molecular weight excluding hydrogens is 264 g/mol. The first-order chi connectivity index (χ1) is 10.3. The third kappa shape index (κ3) is 2.67. The Labute approximate surface area is 122 Å². The molecule has 0 unspecified atom stereocenters. The second-order valence-corrected chi connectivity index (χ2v) is 4.58. The quantitative estimate of drug-likeness (QED) is 0.801. The van der Waals surface area contributed by atoms with Crippen molar-refractivity contribution in [3.63, 3.8) is 0 Å². The number of para-hydroxylation sites is 1. The van der Waals surface area contributed by atoms with E-state index in [0.717, 1.165) is 11.4 Å². The van der Waals surface area contributed by atoms with Crippen molar-refractivity contribution < 1.29 is 4.79 Å². The van der Waals surface area contributed by atoms with Gasteiger partial charge in [0.05, 0.1) is 23.1 Å². The van der Waals surface area contributed by atoms with Crippen LogP contribution in [0.4, 0.5) is 5.69 Å². The van der Waals surface area contributed by atoms with Gasteiger partial charge >= 0.3 is 0 Å². The fraction of sp³-hybridized carbons (Fsp3) is 0.0625. The summed E-state index contributed by atoms with van der Waals surface area (Å²) in [7, 11) is 0. The molecule has 0 spiro atoms. The van der Waals surface area contributed by atoms with Gasteiger partial charge in [0, 0.05) is 18.1 Å². The Morgan fingerprint density at radius 2 is 1.81 bits per heavy atom. The third-order valence-electron chi connectivity index (χ3n) is 3.19. The van der Waals surface area contributed by atoms with E-state index in [9.17, 15) is 4.79 Å². The summed E-state index contributed by atoms with van der Waals surface area (Å²) in [5.74, 6) is -0.180. The number of hydrogen-bond donors (Lipinski definition) is 1. The molecule has 0 aliphatic carbocycles. The van der Waals surface area contributed by atoms with Crippen molar-refractivity contribution in [1.29, 1.82) is 0 Å². The molecule has 0 aliphatic rings. The fourth-order valence-corrected chi connectivity index (χ4v) is 2.10. The molecule has 1 amide bonds. The largest absolute Gasteiger partial charge is 0.322 e. The summed E-state index contributed by atoms with van der Waals surface area (Å²) in [6.45, 7) is 1.88. The zero-order chi connectivity index (χ0) is 14.7. The smallest absolute Gasteiger partial charge is 0.259 e. The summed E-state index contributed by atoms with van der Waals surface area (Å²) < 4.78 is 1.75. The van der Waals surface area contributed by atoms with Crippen LogP contribution in [0.5, 0.6) is 0 Å². The predicted octanol–water partition coefficient (Wildman–Crippen LogP) is 2.83. The van der Waals surface area contributed by atoms with Crippen LogP contribution in [0.3, 0.4) is 0 Å². The molecule has 1 aromatic carbocycles. The molecule has 0 saturated heterocycles. The molecule has 5 nitrogen and oxygen atoms in total. The van der Waals surface area contributed by atoms with E-state index >= 15 is 0 Å². The van der Waals surface area contributed by atoms with Gasteiger partial charge in [0.2, 0.25) is 0 Å². The normalized spacial score (nSPS) is 10.3. The van der Waals surface area contributed by atoms with Crippen LogP contribution < -0.4 is 5.32 Å². The fourth-order valence-electron chi connectivity index (χ4n) is 2.10. The Kier molecular flexibility index (Phi) is 3.47. The van der Waals surface area contributed by atoms with Crippen molar-refractivity contribution in [3.8, 4) is 5.69 Å². The van der Waals surface area contributed by atoms with E-state index in [-0.39, 0.29) is 5.91 Å². The molecule has 5 heteroatoms. The highest BCUT2D eigenvalue weighted by Gasteiger charge is 2.15. The van der Waals surface area contributed by atoms with Gasteiger partial charge in [0.15, 0.2) is 0 Å². The highest BCUT2D eigenvalue weighted by atomic mass is 16.1. The maximum Gasteiger partial charge on any atom is 0.259 e. The summed E-state index contributed by atoms with van der Waals surface area (Å²) >= 11 is 0. The number of carbonyl (C=O) groups excluding carboxylic acids is 1. The number of pyridine rings is 1. The molecule has 0 saturated carbocycles. The first-order valence-corrected chi connectivity index (χ1v) is 6.57. The Morgan fingerprint density at radius 3 is 2.52 bits per heavy atom. The van der Waals surface area contributed by atoms with Crippen LogP contribution in [0.1, 0.15) is 16.1 Å². The molecule has 0 fully saturated rings. The van der Waals surface area contributed by atoms with E-state index in [1.54, 1.807) is 35.4 Å². The minimum atomic E-state index is -0.180. The summed E-state index contributed by atoms with van der Waals surface area (Å²) in [5.41, 5.74) is 2.99. The van der Waals surface area contributed by atoms with Gasteiger partial charge in [-0.15, -0.1) is 0 Å². The highest BCUT2D eigenvalue weighted by Crippen LogP contribution is 2.15. The molecule has 0 atom stereocenters. The van der Waals surface area contributed by atoms with Gasteiger partial charge in [0.25, 0.3) is 5.91 Å². The molecule has 3 aromatic rings. The van der Waals surface area contributed by atoms with Gasteiger partial charge in [-0.2, -0.15) is 5.10 Å². The molecule has 0 radical (unpaired) electrons.